The van der Waals surface area contributed by atoms with E-state index in [1.165, 1.54) is 11.8 Å². The zero-order valence-corrected chi connectivity index (χ0v) is 16.8. The number of hydrogen-bond acceptors (Lipinski definition) is 8. The number of nitrogens with zero attached hydrogens (tertiary/aromatic N) is 3. The molecule has 1 unspecified atom stereocenters. The van der Waals surface area contributed by atoms with Crippen LogP contribution in [-0.2, 0) is 11.2 Å². The van der Waals surface area contributed by atoms with Crippen molar-refractivity contribution in [3.05, 3.63) is 16.9 Å². The third-order valence-electron chi connectivity index (χ3n) is 4.90. The number of rotatable bonds is 7. The molecule has 2 heterocycles. The van der Waals surface area contributed by atoms with Gasteiger partial charge in [0, 0.05) is 17.7 Å². The fourth-order valence-electron chi connectivity index (χ4n) is 3.52. The number of nitrogens with one attached hydrogen (secondary N) is 1. The zero-order chi connectivity index (χ0) is 19.6. The van der Waals surface area contributed by atoms with E-state index >= 15 is 0 Å². The summed E-state index contributed by atoms with van der Waals surface area (Å²) in [5, 5.41) is 12.7. The summed E-state index contributed by atoms with van der Waals surface area (Å²) in [4.78, 5) is 21.5. The number of nitrogens with two attached hydrogens (primary N) is 1. The second-order valence-corrected chi connectivity index (χ2v) is 7.63. The number of carbonyl (C=O) groups excluding carboxylic acids is 1. The molecular weight excluding hydrogens is 362 g/mol. The van der Waals surface area contributed by atoms with Crippen LogP contribution < -0.4 is 5.73 Å². The predicted octanol–water partition coefficient (Wildman–Crippen LogP) is 4.00. The maximum Gasteiger partial charge on any atom is 0.185 e. The van der Waals surface area contributed by atoms with Gasteiger partial charge in [0.15, 0.2) is 17.3 Å². The summed E-state index contributed by atoms with van der Waals surface area (Å²) < 4.78 is 5.61. The molecule has 27 heavy (non-hydrogen) atoms. The Bertz CT molecular complexity index is 877. The molecule has 3 N–H and O–H groups in total. The lowest BCUT2D eigenvalue weighted by atomic mass is 9.83. The minimum absolute atomic E-state index is 0.220. The molecule has 0 saturated carbocycles. The summed E-state index contributed by atoms with van der Waals surface area (Å²) in [6, 6.07) is 0. The standard InChI is InChI=1S/C19H25N5O2S/c1-4-5-9-13(25)11-7-6-8-12-15(24-26-16(11)12)18-22-17(21)14(10(2)20)19(23-18)27-3/h11,20H,4-9H2,1-3H3,(H2,21,22,23). The molecule has 0 radical (unpaired) electrons. The van der Waals surface area contributed by atoms with Crippen molar-refractivity contribution in [2.24, 2.45) is 0 Å². The molecule has 0 fully saturated rings. The Morgan fingerprint density at radius 2 is 2.19 bits per heavy atom. The fraction of sp³-hybridized carbons (Fsp3) is 0.526. The number of hydrogen-bond donors (Lipinski definition) is 2. The van der Waals surface area contributed by atoms with Crippen molar-refractivity contribution in [2.75, 3.05) is 12.0 Å². The van der Waals surface area contributed by atoms with Crippen molar-refractivity contribution < 1.29 is 9.32 Å². The minimum atomic E-state index is -0.220. The van der Waals surface area contributed by atoms with Crippen molar-refractivity contribution in [3.63, 3.8) is 0 Å². The van der Waals surface area contributed by atoms with Crippen LogP contribution in [0.25, 0.3) is 11.5 Å². The number of fused-ring (bicyclic) bond motifs is 1. The smallest absolute Gasteiger partial charge is 0.185 e. The minimum Gasteiger partial charge on any atom is -0.383 e. The largest absolute Gasteiger partial charge is 0.383 e. The zero-order valence-electron chi connectivity index (χ0n) is 16.0. The summed E-state index contributed by atoms with van der Waals surface area (Å²) in [7, 11) is 0. The Labute approximate surface area is 163 Å². The van der Waals surface area contributed by atoms with E-state index in [2.05, 4.69) is 22.0 Å². The third kappa shape index (κ3) is 3.76. The summed E-state index contributed by atoms with van der Waals surface area (Å²) >= 11 is 1.42. The van der Waals surface area contributed by atoms with E-state index in [9.17, 15) is 4.79 Å². The number of aromatic nitrogens is 3. The first-order valence-electron chi connectivity index (χ1n) is 9.26. The normalized spacial score (nSPS) is 16.2. The first-order chi connectivity index (χ1) is 13.0. The predicted molar refractivity (Wildman–Crippen MR) is 106 cm³/mol. The van der Waals surface area contributed by atoms with Crippen molar-refractivity contribution in [1.82, 2.24) is 15.1 Å². The lowest BCUT2D eigenvalue weighted by molar-refractivity contribution is -0.121. The molecule has 0 amide bonds. The summed E-state index contributed by atoms with van der Waals surface area (Å²) in [6.45, 7) is 3.75. The van der Waals surface area contributed by atoms with E-state index in [-0.39, 0.29) is 17.5 Å². The van der Waals surface area contributed by atoms with Crippen LogP contribution >= 0.6 is 11.8 Å². The SMILES string of the molecule is CCCCC(=O)C1CCCc2c(-c3nc(N)c(C(C)=N)c(SC)n3)noc21. The van der Waals surface area contributed by atoms with Gasteiger partial charge in [-0.3, -0.25) is 4.79 Å². The molecule has 0 saturated heterocycles. The number of thioether (sulfide) groups is 1. The van der Waals surface area contributed by atoms with Gasteiger partial charge in [-0.2, -0.15) is 0 Å². The number of carbonyl (C=O) groups is 1. The summed E-state index contributed by atoms with van der Waals surface area (Å²) in [6.07, 6.45) is 6.85. The molecule has 1 aliphatic carbocycles. The van der Waals surface area contributed by atoms with Gasteiger partial charge in [0.2, 0.25) is 0 Å². The molecule has 8 heteroatoms. The fourth-order valence-corrected chi connectivity index (χ4v) is 4.16. The second kappa shape index (κ2) is 8.21. The molecule has 0 bridgehead atoms. The second-order valence-electron chi connectivity index (χ2n) is 6.83. The maximum absolute atomic E-state index is 12.6. The van der Waals surface area contributed by atoms with E-state index in [1.807, 2.05) is 6.26 Å². The van der Waals surface area contributed by atoms with E-state index in [0.717, 1.165) is 37.7 Å². The van der Waals surface area contributed by atoms with Crippen LogP contribution in [0.3, 0.4) is 0 Å². The average molecular weight is 388 g/mol. The Hall–Kier alpha value is -2.22. The van der Waals surface area contributed by atoms with Gasteiger partial charge in [-0.1, -0.05) is 18.5 Å². The number of Topliss-reactive ketones (excluding diaryl/α,β-unsaturated/α-hetero) is 1. The molecule has 0 aromatic carbocycles. The quantitative estimate of drug-likeness (QED) is 0.418. The first kappa shape index (κ1) is 19.5. The molecule has 1 atom stereocenters. The van der Waals surface area contributed by atoms with Crippen molar-refractivity contribution >= 4 is 29.1 Å². The van der Waals surface area contributed by atoms with E-state index in [4.69, 9.17) is 15.7 Å². The molecule has 0 spiro atoms. The number of ketones is 1. The molecular formula is C19H25N5O2S. The van der Waals surface area contributed by atoms with Crippen molar-refractivity contribution in [3.8, 4) is 11.5 Å². The van der Waals surface area contributed by atoms with Gasteiger partial charge >= 0.3 is 0 Å². The van der Waals surface area contributed by atoms with E-state index in [1.54, 1.807) is 6.92 Å². The topological polar surface area (TPSA) is 119 Å². The van der Waals surface area contributed by atoms with Crippen LogP contribution in [0.5, 0.6) is 0 Å². The molecule has 144 valence electrons. The van der Waals surface area contributed by atoms with Gasteiger partial charge in [-0.25, -0.2) is 9.97 Å². The Morgan fingerprint density at radius 1 is 1.41 bits per heavy atom. The van der Waals surface area contributed by atoms with E-state index < -0.39 is 0 Å². The van der Waals surface area contributed by atoms with Gasteiger partial charge in [0.25, 0.3) is 0 Å². The number of anilines is 1. The highest BCUT2D eigenvalue weighted by Crippen LogP contribution is 2.38. The van der Waals surface area contributed by atoms with Crippen LogP contribution in [0, 0.1) is 5.41 Å². The lowest BCUT2D eigenvalue weighted by Crippen LogP contribution is -2.17. The van der Waals surface area contributed by atoms with Gasteiger partial charge in [0.1, 0.15) is 16.6 Å². The van der Waals surface area contributed by atoms with Crippen LogP contribution in [0.4, 0.5) is 5.82 Å². The van der Waals surface area contributed by atoms with Crippen molar-refractivity contribution in [1.29, 1.82) is 5.41 Å². The van der Waals surface area contributed by atoms with Crippen LogP contribution in [0.2, 0.25) is 0 Å². The molecule has 1 aliphatic rings. The maximum atomic E-state index is 12.6. The first-order valence-corrected chi connectivity index (χ1v) is 10.5. The third-order valence-corrected chi connectivity index (χ3v) is 5.59. The monoisotopic (exact) mass is 387 g/mol. The Kier molecular flexibility index (Phi) is 5.94. The Morgan fingerprint density at radius 3 is 2.85 bits per heavy atom. The van der Waals surface area contributed by atoms with Gasteiger partial charge < -0.3 is 15.7 Å². The average Bonchev–Trinajstić information content (AvgIpc) is 3.09. The van der Waals surface area contributed by atoms with E-state index in [0.29, 0.717) is 40.0 Å². The molecule has 3 rings (SSSR count). The van der Waals surface area contributed by atoms with Crippen LogP contribution in [0.1, 0.15) is 68.8 Å². The lowest BCUT2D eigenvalue weighted by Gasteiger charge is -2.19. The van der Waals surface area contributed by atoms with Crippen molar-refractivity contribution in [2.45, 2.75) is 63.3 Å². The number of nitrogen functional groups attached to an aromatic ring is 1. The highest BCUT2D eigenvalue weighted by atomic mass is 32.2. The Balaban J connectivity index is 2.01. The summed E-state index contributed by atoms with van der Waals surface area (Å²) in [5.41, 5.74) is 8.45. The summed E-state index contributed by atoms with van der Waals surface area (Å²) in [5.74, 6) is 1.33. The van der Waals surface area contributed by atoms with Crippen LogP contribution in [0.15, 0.2) is 9.55 Å². The van der Waals surface area contributed by atoms with Gasteiger partial charge in [-0.15, -0.1) is 11.8 Å². The number of unbranched alkanes of at least 4 members (excludes halogenated alkanes) is 1. The molecule has 7 nitrogen and oxygen atoms in total. The van der Waals surface area contributed by atoms with Gasteiger partial charge in [-0.05, 0) is 38.9 Å². The highest BCUT2D eigenvalue weighted by molar-refractivity contribution is 7.98. The molecule has 2 aromatic heterocycles. The van der Waals surface area contributed by atoms with Gasteiger partial charge in [0.05, 0.1) is 11.5 Å². The molecule has 2 aromatic rings. The van der Waals surface area contributed by atoms with Crippen LogP contribution in [-0.4, -0.2) is 32.9 Å². The highest BCUT2D eigenvalue weighted by Gasteiger charge is 2.33. The molecule has 0 aliphatic heterocycles.